The highest BCUT2D eigenvalue weighted by Gasteiger charge is 2.16. The lowest BCUT2D eigenvalue weighted by Gasteiger charge is -2.28. The minimum atomic E-state index is -0.0412. The number of hydrogen-bond donors (Lipinski definition) is 1. The van der Waals surface area contributed by atoms with Gasteiger partial charge in [-0.3, -0.25) is 0 Å². The summed E-state index contributed by atoms with van der Waals surface area (Å²) < 4.78 is 10.6. The summed E-state index contributed by atoms with van der Waals surface area (Å²) in [6, 6.07) is 3.97. The molecule has 2 amide bonds. The van der Waals surface area contributed by atoms with Gasteiger partial charge in [0.05, 0.1) is 26.4 Å². The average molecular weight is 306 g/mol. The van der Waals surface area contributed by atoms with Gasteiger partial charge in [0, 0.05) is 38.9 Å². The maximum atomic E-state index is 12.0. The third kappa shape index (κ3) is 3.86. The van der Waals surface area contributed by atoms with E-state index in [-0.39, 0.29) is 6.03 Å². The van der Waals surface area contributed by atoms with Crippen molar-refractivity contribution in [3.05, 3.63) is 23.9 Å². The first-order valence-corrected chi connectivity index (χ1v) is 7.71. The van der Waals surface area contributed by atoms with E-state index in [2.05, 4.69) is 15.2 Å². The molecule has 7 heteroatoms. The number of morpholine rings is 2. The molecule has 0 unspecified atom stereocenters. The van der Waals surface area contributed by atoms with Gasteiger partial charge in [0.25, 0.3) is 0 Å². The summed E-state index contributed by atoms with van der Waals surface area (Å²) in [5.74, 6) is 0.964. The molecular weight excluding hydrogens is 284 g/mol. The molecule has 0 atom stereocenters. The van der Waals surface area contributed by atoms with Gasteiger partial charge in [-0.25, -0.2) is 9.78 Å². The summed E-state index contributed by atoms with van der Waals surface area (Å²) in [6.07, 6.45) is 1.82. The van der Waals surface area contributed by atoms with Crippen molar-refractivity contribution in [3.63, 3.8) is 0 Å². The van der Waals surface area contributed by atoms with E-state index >= 15 is 0 Å². The highest BCUT2D eigenvalue weighted by Crippen LogP contribution is 2.13. The molecule has 2 aliphatic heterocycles. The number of nitrogens with one attached hydrogen (secondary N) is 1. The molecule has 0 aliphatic carbocycles. The Kier molecular flexibility index (Phi) is 5.07. The number of urea groups is 1. The molecule has 1 aromatic rings. The van der Waals surface area contributed by atoms with Crippen LogP contribution in [0.15, 0.2) is 18.3 Å². The number of nitrogens with zero attached hydrogens (tertiary/aromatic N) is 3. The number of carbonyl (C=O) groups excluding carboxylic acids is 1. The van der Waals surface area contributed by atoms with E-state index in [1.807, 2.05) is 18.3 Å². The molecule has 2 saturated heterocycles. The molecule has 2 fully saturated rings. The lowest BCUT2D eigenvalue weighted by atomic mass is 10.2. The zero-order chi connectivity index (χ0) is 15.2. The lowest BCUT2D eigenvalue weighted by Crippen LogP contribution is -2.45. The molecule has 1 aromatic heterocycles. The molecule has 3 rings (SSSR count). The van der Waals surface area contributed by atoms with E-state index in [0.29, 0.717) is 32.8 Å². The van der Waals surface area contributed by atoms with Crippen molar-refractivity contribution in [3.8, 4) is 0 Å². The van der Waals surface area contributed by atoms with Crippen LogP contribution >= 0.6 is 0 Å². The van der Waals surface area contributed by atoms with E-state index in [1.54, 1.807) is 4.90 Å². The molecule has 0 spiro atoms. The van der Waals surface area contributed by atoms with Crippen molar-refractivity contribution in [2.75, 3.05) is 57.5 Å². The number of rotatable bonds is 3. The maximum Gasteiger partial charge on any atom is 0.317 e. The van der Waals surface area contributed by atoms with Crippen LogP contribution in [0.3, 0.4) is 0 Å². The predicted molar refractivity (Wildman–Crippen MR) is 81.9 cm³/mol. The van der Waals surface area contributed by atoms with Gasteiger partial charge in [-0.05, 0) is 11.6 Å². The zero-order valence-electron chi connectivity index (χ0n) is 12.7. The summed E-state index contributed by atoms with van der Waals surface area (Å²) >= 11 is 0. The topological polar surface area (TPSA) is 66.9 Å². The van der Waals surface area contributed by atoms with Crippen molar-refractivity contribution in [2.45, 2.75) is 6.54 Å². The second kappa shape index (κ2) is 7.42. The zero-order valence-corrected chi connectivity index (χ0v) is 12.7. The fourth-order valence-corrected chi connectivity index (χ4v) is 2.56. The van der Waals surface area contributed by atoms with Crippen LogP contribution in [0.2, 0.25) is 0 Å². The first-order valence-electron chi connectivity index (χ1n) is 7.71. The van der Waals surface area contributed by atoms with Crippen LogP contribution in [0.4, 0.5) is 10.6 Å². The monoisotopic (exact) mass is 306 g/mol. The van der Waals surface area contributed by atoms with Crippen molar-refractivity contribution >= 4 is 11.8 Å². The maximum absolute atomic E-state index is 12.0. The summed E-state index contributed by atoms with van der Waals surface area (Å²) in [5, 5.41) is 2.93. The van der Waals surface area contributed by atoms with Crippen LogP contribution in [-0.2, 0) is 16.0 Å². The molecule has 0 saturated carbocycles. The standard InChI is InChI=1S/C15H22N4O3/c20-15(19-5-9-22-10-6-19)17-12-13-1-2-14(16-11-13)18-3-7-21-8-4-18/h1-2,11H,3-10,12H2,(H,17,20). The number of ether oxygens (including phenoxy) is 2. The van der Waals surface area contributed by atoms with Crippen molar-refractivity contribution < 1.29 is 14.3 Å². The largest absolute Gasteiger partial charge is 0.378 e. The molecule has 0 bridgehead atoms. The Bertz CT molecular complexity index is 482. The van der Waals surface area contributed by atoms with E-state index < -0.39 is 0 Å². The van der Waals surface area contributed by atoms with Gasteiger partial charge in [-0.1, -0.05) is 6.07 Å². The smallest absolute Gasteiger partial charge is 0.317 e. The van der Waals surface area contributed by atoms with Crippen LogP contribution in [0.5, 0.6) is 0 Å². The van der Waals surface area contributed by atoms with Gasteiger partial charge < -0.3 is 24.6 Å². The number of carbonyl (C=O) groups is 1. The summed E-state index contributed by atoms with van der Waals surface area (Å²) in [6.45, 7) is 6.28. The average Bonchev–Trinajstić information content (AvgIpc) is 2.61. The fraction of sp³-hybridized carbons (Fsp3) is 0.600. The van der Waals surface area contributed by atoms with Crippen LogP contribution in [0, 0.1) is 0 Å². The number of aromatic nitrogens is 1. The molecule has 0 radical (unpaired) electrons. The van der Waals surface area contributed by atoms with Gasteiger partial charge in [-0.2, -0.15) is 0 Å². The van der Waals surface area contributed by atoms with Crippen LogP contribution in [0.1, 0.15) is 5.56 Å². The Balaban J connectivity index is 1.49. The fourth-order valence-electron chi connectivity index (χ4n) is 2.56. The molecule has 22 heavy (non-hydrogen) atoms. The lowest BCUT2D eigenvalue weighted by molar-refractivity contribution is 0.0531. The molecule has 120 valence electrons. The molecular formula is C15H22N4O3. The van der Waals surface area contributed by atoms with Crippen LogP contribution < -0.4 is 10.2 Å². The predicted octanol–water partition coefficient (Wildman–Crippen LogP) is 0.460. The number of pyridine rings is 1. The summed E-state index contributed by atoms with van der Waals surface area (Å²) in [5.41, 5.74) is 0.999. The Morgan fingerprint density at radius 2 is 1.77 bits per heavy atom. The van der Waals surface area contributed by atoms with Crippen LogP contribution in [0.25, 0.3) is 0 Å². The summed E-state index contributed by atoms with van der Waals surface area (Å²) in [7, 11) is 0. The Morgan fingerprint density at radius 1 is 1.09 bits per heavy atom. The van der Waals surface area contributed by atoms with Crippen molar-refractivity contribution in [2.24, 2.45) is 0 Å². The minimum absolute atomic E-state index is 0.0412. The normalized spacial score (nSPS) is 19.1. The SMILES string of the molecule is O=C(NCc1ccc(N2CCOCC2)nc1)N1CCOCC1. The molecule has 0 aromatic carbocycles. The van der Waals surface area contributed by atoms with E-state index in [0.717, 1.165) is 37.7 Å². The highest BCUT2D eigenvalue weighted by atomic mass is 16.5. The highest BCUT2D eigenvalue weighted by molar-refractivity contribution is 5.74. The van der Waals surface area contributed by atoms with Gasteiger partial charge in [0.2, 0.25) is 0 Å². The summed E-state index contributed by atoms with van der Waals surface area (Å²) in [4.78, 5) is 20.5. The second-order valence-electron chi connectivity index (χ2n) is 5.38. The molecule has 3 heterocycles. The van der Waals surface area contributed by atoms with Crippen molar-refractivity contribution in [1.82, 2.24) is 15.2 Å². The third-order valence-electron chi connectivity index (χ3n) is 3.89. The minimum Gasteiger partial charge on any atom is -0.378 e. The Labute approximate surface area is 130 Å². The molecule has 2 aliphatic rings. The van der Waals surface area contributed by atoms with E-state index in [4.69, 9.17) is 9.47 Å². The van der Waals surface area contributed by atoms with Gasteiger partial charge in [0.1, 0.15) is 5.82 Å². The van der Waals surface area contributed by atoms with Crippen LogP contribution in [-0.4, -0.2) is 68.5 Å². The molecule has 1 N–H and O–H groups in total. The number of hydrogen-bond acceptors (Lipinski definition) is 5. The molecule has 7 nitrogen and oxygen atoms in total. The van der Waals surface area contributed by atoms with Gasteiger partial charge in [-0.15, -0.1) is 0 Å². The second-order valence-corrected chi connectivity index (χ2v) is 5.38. The Morgan fingerprint density at radius 3 is 2.41 bits per heavy atom. The van der Waals surface area contributed by atoms with E-state index in [9.17, 15) is 4.79 Å². The number of amides is 2. The third-order valence-corrected chi connectivity index (χ3v) is 3.89. The van der Waals surface area contributed by atoms with Crippen molar-refractivity contribution in [1.29, 1.82) is 0 Å². The van der Waals surface area contributed by atoms with Gasteiger partial charge >= 0.3 is 6.03 Å². The first-order chi connectivity index (χ1) is 10.8. The number of anilines is 1. The van der Waals surface area contributed by atoms with Gasteiger partial charge in [0.15, 0.2) is 0 Å². The Hall–Kier alpha value is -1.86. The first kappa shape index (κ1) is 15.1. The van der Waals surface area contributed by atoms with E-state index in [1.165, 1.54) is 0 Å². The quantitative estimate of drug-likeness (QED) is 0.879.